The lowest BCUT2D eigenvalue weighted by molar-refractivity contribution is -0.137. The van der Waals surface area contributed by atoms with E-state index in [1.165, 1.54) is 16.8 Å². The first kappa shape index (κ1) is 12.0. The molecule has 1 N–H and O–H groups in total. The summed E-state index contributed by atoms with van der Waals surface area (Å²) in [6.45, 7) is 0.820. The molecule has 19 heavy (non-hydrogen) atoms. The Labute approximate surface area is 107 Å². The molecule has 0 saturated heterocycles. The van der Waals surface area contributed by atoms with Crippen LogP contribution in [0.3, 0.4) is 0 Å². The van der Waals surface area contributed by atoms with Crippen LogP contribution in [-0.2, 0) is 12.6 Å². The fourth-order valence-electron chi connectivity index (χ4n) is 2.09. The third-order valence-electron chi connectivity index (χ3n) is 3.06. The molecule has 0 unspecified atom stereocenters. The van der Waals surface area contributed by atoms with Crippen molar-refractivity contribution in [2.24, 2.45) is 0 Å². The van der Waals surface area contributed by atoms with Gasteiger partial charge in [-0.05, 0) is 37.1 Å². The molecule has 1 aliphatic heterocycles. The molecule has 0 radical (unpaired) electrons. The Kier molecular flexibility index (Phi) is 2.69. The number of rotatable bonds is 1. The maximum absolute atomic E-state index is 12.5. The second-order valence-electron chi connectivity index (χ2n) is 4.37. The van der Waals surface area contributed by atoms with Crippen molar-refractivity contribution < 1.29 is 13.2 Å². The van der Waals surface area contributed by atoms with E-state index >= 15 is 0 Å². The summed E-state index contributed by atoms with van der Waals surface area (Å²) >= 11 is 0. The summed E-state index contributed by atoms with van der Waals surface area (Å²) in [7, 11) is 0. The van der Waals surface area contributed by atoms with Crippen molar-refractivity contribution in [3.63, 3.8) is 0 Å². The number of hydrogen-bond donors (Lipinski definition) is 1. The van der Waals surface area contributed by atoms with Crippen LogP contribution in [0.15, 0.2) is 24.3 Å². The van der Waals surface area contributed by atoms with Crippen LogP contribution < -0.4 is 5.32 Å². The lowest BCUT2D eigenvalue weighted by Crippen LogP contribution is -2.14. The number of hydrogen-bond acceptors (Lipinski definition) is 3. The van der Waals surface area contributed by atoms with E-state index in [1.54, 1.807) is 0 Å². The molecule has 2 heterocycles. The summed E-state index contributed by atoms with van der Waals surface area (Å²) in [6, 6.07) is 4.89. The zero-order valence-corrected chi connectivity index (χ0v) is 9.91. The number of nitrogens with one attached hydrogen (secondary N) is 1. The number of anilines is 1. The van der Waals surface area contributed by atoms with Gasteiger partial charge in [-0.3, -0.25) is 0 Å². The van der Waals surface area contributed by atoms with Gasteiger partial charge in [-0.15, -0.1) is 5.10 Å². The van der Waals surface area contributed by atoms with E-state index in [0.717, 1.165) is 43.0 Å². The topological polar surface area (TPSA) is 42.7 Å². The van der Waals surface area contributed by atoms with Crippen LogP contribution in [-0.4, -0.2) is 21.5 Å². The average molecular weight is 268 g/mol. The normalized spacial score (nSPS) is 14.9. The van der Waals surface area contributed by atoms with E-state index in [4.69, 9.17) is 0 Å². The Morgan fingerprint density at radius 3 is 2.58 bits per heavy atom. The van der Waals surface area contributed by atoms with Crippen LogP contribution in [0.5, 0.6) is 0 Å². The van der Waals surface area contributed by atoms with Crippen LogP contribution in [0.2, 0.25) is 0 Å². The van der Waals surface area contributed by atoms with Gasteiger partial charge in [0.25, 0.3) is 0 Å². The zero-order chi connectivity index (χ0) is 13.5. The molecule has 0 atom stereocenters. The van der Waals surface area contributed by atoms with Crippen molar-refractivity contribution in [1.82, 2.24) is 15.0 Å². The molecule has 1 aromatic heterocycles. The second kappa shape index (κ2) is 4.25. The third-order valence-corrected chi connectivity index (χ3v) is 3.06. The number of aromatic nitrogens is 3. The minimum absolute atomic E-state index is 0.566. The number of nitrogens with zero attached hydrogens (tertiary/aromatic N) is 3. The molecular weight excluding hydrogens is 257 g/mol. The molecule has 1 aromatic carbocycles. The number of fused-ring (bicyclic) bond motifs is 1. The Bertz CT molecular complexity index is 586. The molecule has 7 heteroatoms. The van der Waals surface area contributed by atoms with Gasteiger partial charge in [0, 0.05) is 6.54 Å². The summed E-state index contributed by atoms with van der Waals surface area (Å²) in [4.78, 5) is 0. The molecule has 0 amide bonds. The Morgan fingerprint density at radius 1 is 1.16 bits per heavy atom. The van der Waals surface area contributed by atoms with E-state index < -0.39 is 11.7 Å². The molecule has 0 bridgehead atoms. The highest BCUT2D eigenvalue weighted by Gasteiger charge is 2.30. The quantitative estimate of drug-likeness (QED) is 0.864. The summed E-state index contributed by atoms with van der Waals surface area (Å²) in [5.74, 6) is 0.769. The number of halogens is 3. The van der Waals surface area contributed by atoms with Crippen molar-refractivity contribution in [1.29, 1.82) is 0 Å². The van der Waals surface area contributed by atoms with E-state index in [0.29, 0.717) is 5.69 Å². The van der Waals surface area contributed by atoms with Gasteiger partial charge in [0.15, 0.2) is 5.82 Å². The minimum Gasteiger partial charge on any atom is -0.368 e. The predicted molar refractivity (Wildman–Crippen MR) is 63.2 cm³/mol. The molecule has 0 saturated carbocycles. The Hall–Kier alpha value is -2.05. The van der Waals surface area contributed by atoms with Gasteiger partial charge in [0.1, 0.15) is 5.69 Å². The van der Waals surface area contributed by atoms with Crippen molar-refractivity contribution in [3.05, 3.63) is 35.5 Å². The van der Waals surface area contributed by atoms with E-state index in [-0.39, 0.29) is 0 Å². The van der Waals surface area contributed by atoms with Crippen LogP contribution in [0.25, 0.3) is 5.69 Å². The zero-order valence-electron chi connectivity index (χ0n) is 9.91. The first-order valence-corrected chi connectivity index (χ1v) is 5.92. The molecular formula is C12H11F3N4. The van der Waals surface area contributed by atoms with Crippen LogP contribution >= 0.6 is 0 Å². The van der Waals surface area contributed by atoms with Gasteiger partial charge in [-0.25, -0.2) is 0 Å². The third kappa shape index (κ3) is 2.16. The molecule has 4 nitrogen and oxygen atoms in total. The highest BCUT2D eigenvalue weighted by molar-refractivity contribution is 5.49. The summed E-state index contributed by atoms with van der Waals surface area (Å²) < 4.78 is 39.0. The highest BCUT2D eigenvalue weighted by atomic mass is 19.4. The first-order valence-electron chi connectivity index (χ1n) is 5.92. The Morgan fingerprint density at radius 2 is 1.89 bits per heavy atom. The van der Waals surface area contributed by atoms with Crippen molar-refractivity contribution in [2.75, 3.05) is 11.9 Å². The molecule has 2 aromatic rings. The van der Waals surface area contributed by atoms with Gasteiger partial charge in [0.05, 0.1) is 11.3 Å². The van der Waals surface area contributed by atoms with Crippen LogP contribution in [0.1, 0.15) is 17.7 Å². The molecule has 100 valence electrons. The number of aryl methyl sites for hydroxylation is 1. The predicted octanol–water partition coefficient (Wildman–Crippen LogP) is 2.64. The molecule has 0 aliphatic carbocycles. The van der Waals surface area contributed by atoms with Crippen LogP contribution in [0.4, 0.5) is 19.0 Å². The molecule has 0 spiro atoms. The summed E-state index contributed by atoms with van der Waals surface area (Å²) in [5.41, 5.74) is 0.750. The minimum atomic E-state index is -4.32. The summed E-state index contributed by atoms with van der Waals surface area (Å²) in [6.07, 6.45) is -2.50. The average Bonchev–Trinajstić information content (AvgIpc) is 2.82. The summed E-state index contributed by atoms with van der Waals surface area (Å²) in [5, 5.41) is 11.2. The maximum Gasteiger partial charge on any atom is 0.416 e. The van der Waals surface area contributed by atoms with E-state index in [2.05, 4.69) is 15.6 Å². The van der Waals surface area contributed by atoms with E-state index in [1.807, 2.05) is 0 Å². The van der Waals surface area contributed by atoms with E-state index in [9.17, 15) is 13.2 Å². The largest absolute Gasteiger partial charge is 0.416 e. The van der Waals surface area contributed by atoms with Gasteiger partial charge >= 0.3 is 6.18 Å². The van der Waals surface area contributed by atoms with Gasteiger partial charge in [-0.1, -0.05) is 5.21 Å². The standard InChI is InChI=1S/C12H11F3N4/c13-12(14,15)8-3-5-9(6-4-8)19-11-10(17-18-19)2-1-7-16-11/h3-6,16H,1-2,7H2. The fraction of sp³-hybridized carbons (Fsp3) is 0.333. The van der Waals surface area contributed by atoms with Crippen molar-refractivity contribution in [3.8, 4) is 5.69 Å². The van der Waals surface area contributed by atoms with Crippen molar-refractivity contribution in [2.45, 2.75) is 19.0 Å². The molecule has 1 aliphatic rings. The lowest BCUT2D eigenvalue weighted by Gasteiger charge is -2.14. The fourth-order valence-corrected chi connectivity index (χ4v) is 2.09. The van der Waals surface area contributed by atoms with Gasteiger partial charge < -0.3 is 5.32 Å². The molecule has 3 rings (SSSR count). The monoisotopic (exact) mass is 268 g/mol. The first-order chi connectivity index (χ1) is 9.05. The SMILES string of the molecule is FC(F)(F)c1ccc(-n2nnc3c2NCCC3)cc1. The number of benzene rings is 1. The second-order valence-corrected chi connectivity index (χ2v) is 4.37. The molecule has 0 fully saturated rings. The van der Waals surface area contributed by atoms with Crippen molar-refractivity contribution >= 4 is 5.82 Å². The maximum atomic E-state index is 12.5. The Balaban J connectivity index is 1.97. The lowest BCUT2D eigenvalue weighted by atomic mass is 10.1. The highest BCUT2D eigenvalue weighted by Crippen LogP contribution is 2.30. The van der Waals surface area contributed by atoms with Gasteiger partial charge in [0.2, 0.25) is 0 Å². The van der Waals surface area contributed by atoms with Gasteiger partial charge in [-0.2, -0.15) is 17.9 Å². The smallest absolute Gasteiger partial charge is 0.368 e. The van der Waals surface area contributed by atoms with Crippen LogP contribution in [0, 0.1) is 0 Å². The number of alkyl halides is 3.